The minimum atomic E-state index is -0.459. The highest BCUT2D eigenvalue weighted by molar-refractivity contribution is 9.11. The van der Waals surface area contributed by atoms with Crippen LogP contribution in [-0.2, 0) is 19.4 Å². The molecule has 5 heteroatoms. The van der Waals surface area contributed by atoms with Gasteiger partial charge in [-0.1, -0.05) is 6.92 Å². The van der Waals surface area contributed by atoms with Crippen LogP contribution < -0.4 is 0 Å². The highest BCUT2D eigenvalue weighted by atomic mass is 79.9. The van der Waals surface area contributed by atoms with Crippen LogP contribution in [0.2, 0.25) is 0 Å². The molecule has 1 unspecified atom stereocenters. The van der Waals surface area contributed by atoms with Crippen LogP contribution in [0.15, 0.2) is 21.3 Å². The largest absolute Gasteiger partial charge is 0.388 e. The average Bonchev–Trinajstić information content (AvgIpc) is 2.95. The van der Waals surface area contributed by atoms with Gasteiger partial charge in [-0.15, -0.1) is 11.3 Å². The second-order valence-electron chi connectivity index (χ2n) is 4.20. The van der Waals surface area contributed by atoms with Crippen LogP contribution in [0.25, 0.3) is 0 Å². The van der Waals surface area contributed by atoms with E-state index in [4.69, 9.17) is 0 Å². The summed E-state index contributed by atoms with van der Waals surface area (Å²) in [5, 5.41) is 16.7. The zero-order valence-electron chi connectivity index (χ0n) is 10.6. The highest BCUT2D eigenvalue weighted by Crippen LogP contribution is 2.27. The van der Waals surface area contributed by atoms with Gasteiger partial charge >= 0.3 is 0 Å². The van der Waals surface area contributed by atoms with Gasteiger partial charge in [-0.05, 0) is 52.4 Å². The maximum absolute atomic E-state index is 10.2. The van der Waals surface area contributed by atoms with Crippen LogP contribution in [0.3, 0.4) is 0 Å². The number of aromatic nitrogens is 2. The SMILES string of the molecule is CCc1cc(CC(O)c2csc(Br)c2)n(CC)n1. The second-order valence-corrected chi connectivity index (χ2v) is 6.49. The maximum atomic E-state index is 10.2. The van der Waals surface area contributed by atoms with E-state index in [0.717, 1.165) is 33.7 Å². The molecule has 0 aliphatic carbocycles. The molecule has 1 atom stereocenters. The number of aryl methyl sites for hydroxylation is 2. The van der Waals surface area contributed by atoms with E-state index in [0.29, 0.717) is 6.42 Å². The van der Waals surface area contributed by atoms with Crippen LogP contribution in [-0.4, -0.2) is 14.9 Å². The van der Waals surface area contributed by atoms with Crippen LogP contribution in [0.1, 0.15) is 36.9 Å². The van der Waals surface area contributed by atoms with Crippen LogP contribution in [0.4, 0.5) is 0 Å². The van der Waals surface area contributed by atoms with Gasteiger partial charge in [0, 0.05) is 18.7 Å². The quantitative estimate of drug-likeness (QED) is 0.911. The molecule has 2 aromatic rings. The van der Waals surface area contributed by atoms with Gasteiger partial charge in [0.05, 0.1) is 15.6 Å². The van der Waals surface area contributed by atoms with Gasteiger partial charge in [0.1, 0.15) is 0 Å². The molecule has 0 aliphatic heterocycles. The monoisotopic (exact) mass is 328 g/mol. The van der Waals surface area contributed by atoms with E-state index < -0.39 is 6.10 Å². The molecule has 2 aromatic heterocycles. The fraction of sp³-hybridized carbons (Fsp3) is 0.462. The molecule has 98 valence electrons. The summed E-state index contributed by atoms with van der Waals surface area (Å²) in [6.45, 7) is 5.01. The third kappa shape index (κ3) is 3.02. The minimum absolute atomic E-state index is 0.459. The minimum Gasteiger partial charge on any atom is -0.388 e. The summed E-state index contributed by atoms with van der Waals surface area (Å²) in [4.78, 5) is 0. The van der Waals surface area contributed by atoms with Crippen molar-refractivity contribution in [2.24, 2.45) is 0 Å². The Bertz CT molecular complexity index is 521. The number of halogens is 1. The fourth-order valence-corrected chi connectivity index (χ4v) is 3.16. The van der Waals surface area contributed by atoms with Crippen molar-refractivity contribution in [2.45, 2.75) is 39.3 Å². The number of hydrogen-bond acceptors (Lipinski definition) is 3. The first-order valence-corrected chi connectivity index (χ1v) is 7.78. The Morgan fingerprint density at radius 2 is 2.22 bits per heavy atom. The summed E-state index contributed by atoms with van der Waals surface area (Å²) in [6, 6.07) is 4.07. The third-order valence-corrected chi connectivity index (χ3v) is 4.47. The van der Waals surface area contributed by atoms with Gasteiger partial charge in [0.15, 0.2) is 0 Å². The molecule has 2 heterocycles. The number of nitrogens with zero attached hydrogens (tertiary/aromatic N) is 2. The van der Waals surface area contributed by atoms with Crippen molar-refractivity contribution in [1.29, 1.82) is 0 Å². The lowest BCUT2D eigenvalue weighted by molar-refractivity contribution is 0.176. The van der Waals surface area contributed by atoms with E-state index in [1.165, 1.54) is 0 Å². The van der Waals surface area contributed by atoms with E-state index >= 15 is 0 Å². The molecule has 0 bridgehead atoms. The highest BCUT2D eigenvalue weighted by Gasteiger charge is 2.14. The van der Waals surface area contributed by atoms with Crippen molar-refractivity contribution in [2.75, 3.05) is 0 Å². The smallest absolute Gasteiger partial charge is 0.0853 e. The van der Waals surface area contributed by atoms with Gasteiger partial charge in [0.2, 0.25) is 0 Å². The van der Waals surface area contributed by atoms with Gasteiger partial charge in [-0.3, -0.25) is 4.68 Å². The van der Waals surface area contributed by atoms with E-state index in [-0.39, 0.29) is 0 Å². The van der Waals surface area contributed by atoms with Gasteiger partial charge in [0.25, 0.3) is 0 Å². The zero-order valence-corrected chi connectivity index (χ0v) is 13.0. The summed E-state index contributed by atoms with van der Waals surface area (Å²) in [6.07, 6.45) is 1.09. The Morgan fingerprint density at radius 1 is 1.44 bits per heavy atom. The lowest BCUT2D eigenvalue weighted by Gasteiger charge is -2.09. The Kier molecular flexibility index (Phi) is 4.59. The molecule has 18 heavy (non-hydrogen) atoms. The van der Waals surface area contributed by atoms with Crippen molar-refractivity contribution in [1.82, 2.24) is 9.78 Å². The molecule has 0 aliphatic rings. The van der Waals surface area contributed by atoms with Crippen molar-refractivity contribution < 1.29 is 5.11 Å². The number of aliphatic hydroxyl groups is 1. The van der Waals surface area contributed by atoms with Gasteiger partial charge < -0.3 is 5.11 Å². The molecule has 0 saturated heterocycles. The maximum Gasteiger partial charge on any atom is 0.0853 e. The van der Waals surface area contributed by atoms with Gasteiger partial charge in [-0.2, -0.15) is 5.10 Å². The van der Waals surface area contributed by atoms with E-state index in [2.05, 4.69) is 40.9 Å². The zero-order chi connectivity index (χ0) is 13.1. The van der Waals surface area contributed by atoms with Crippen molar-refractivity contribution in [3.8, 4) is 0 Å². The normalized spacial score (nSPS) is 12.9. The molecule has 0 radical (unpaired) electrons. The number of rotatable bonds is 5. The molecular weight excluding hydrogens is 312 g/mol. The Labute approximate surface area is 120 Å². The molecule has 0 aromatic carbocycles. The van der Waals surface area contributed by atoms with E-state index in [9.17, 15) is 5.11 Å². The molecule has 0 saturated carbocycles. The first-order chi connectivity index (χ1) is 8.63. The summed E-state index contributed by atoms with van der Waals surface area (Å²) in [7, 11) is 0. The van der Waals surface area contributed by atoms with Gasteiger partial charge in [-0.25, -0.2) is 0 Å². The molecular formula is C13H17BrN2OS. The topological polar surface area (TPSA) is 38.0 Å². The van der Waals surface area contributed by atoms with Crippen molar-refractivity contribution >= 4 is 27.3 Å². The van der Waals surface area contributed by atoms with Crippen LogP contribution >= 0.6 is 27.3 Å². The molecule has 3 nitrogen and oxygen atoms in total. The first-order valence-electron chi connectivity index (χ1n) is 6.11. The van der Waals surface area contributed by atoms with E-state index in [1.54, 1.807) is 11.3 Å². The van der Waals surface area contributed by atoms with Crippen molar-refractivity contribution in [3.05, 3.63) is 38.3 Å². The summed E-state index contributed by atoms with van der Waals surface area (Å²) in [5.41, 5.74) is 3.16. The molecule has 1 N–H and O–H groups in total. The fourth-order valence-electron chi connectivity index (χ4n) is 1.94. The predicted molar refractivity (Wildman–Crippen MR) is 78.0 cm³/mol. The van der Waals surface area contributed by atoms with Crippen molar-refractivity contribution in [3.63, 3.8) is 0 Å². The summed E-state index contributed by atoms with van der Waals surface area (Å²) in [5.74, 6) is 0. The molecule has 2 rings (SSSR count). The second kappa shape index (κ2) is 5.99. The Morgan fingerprint density at radius 3 is 2.78 bits per heavy atom. The Balaban J connectivity index is 2.15. The number of hydrogen-bond donors (Lipinski definition) is 1. The standard InChI is InChI=1S/C13H17BrN2OS/c1-3-10-6-11(16(4-2)15-10)7-12(17)9-5-13(14)18-8-9/h5-6,8,12,17H,3-4,7H2,1-2H3. The third-order valence-electron chi connectivity index (χ3n) is 2.95. The van der Waals surface area contributed by atoms with Crippen LogP contribution in [0, 0.1) is 0 Å². The van der Waals surface area contributed by atoms with Crippen LogP contribution in [0.5, 0.6) is 0 Å². The molecule has 0 amide bonds. The lowest BCUT2D eigenvalue weighted by Crippen LogP contribution is -2.07. The Hall–Kier alpha value is -0.650. The predicted octanol–water partition coefficient (Wildman–Crippen LogP) is 3.57. The van der Waals surface area contributed by atoms with E-state index in [1.807, 2.05) is 16.1 Å². The average molecular weight is 329 g/mol. The summed E-state index contributed by atoms with van der Waals surface area (Å²) >= 11 is 5.02. The first kappa shape index (κ1) is 13.8. The number of thiophene rings is 1. The molecule has 0 fully saturated rings. The summed E-state index contributed by atoms with van der Waals surface area (Å²) < 4.78 is 3.03. The lowest BCUT2D eigenvalue weighted by atomic mass is 10.1. The number of aliphatic hydroxyl groups excluding tert-OH is 1. The molecule has 0 spiro atoms.